The van der Waals surface area contributed by atoms with Crippen molar-refractivity contribution in [2.24, 2.45) is 4.99 Å². The fourth-order valence-electron chi connectivity index (χ4n) is 1.47. The fourth-order valence-corrected chi connectivity index (χ4v) is 1.47. The summed E-state index contributed by atoms with van der Waals surface area (Å²) in [4.78, 5) is 7.37. The molecule has 1 aliphatic rings. The Morgan fingerprint density at radius 3 is 2.59 bits per heavy atom. The van der Waals surface area contributed by atoms with Crippen LogP contribution in [-0.4, -0.2) is 68.8 Å². The molecule has 1 heterocycles. The SMILES string of the molecule is CN(CCNC1=NCCN1C)CC(F)(F)F.I. The molecule has 0 unspecified atom stereocenters. The molecule has 0 radical (unpaired) electrons. The summed E-state index contributed by atoms with van der Waals surface area (Å²) < 4.78 is 36.0. The molecule has 1 rings (SSSR count). The Morgan fingerprint density at radius 2 is 2.12 bits per heavy atom. The molecule has 8 heteroatoms. The molecule has 0 aliphatic carbocycles. The molecule has 0 bridgehead atoms. The summed E-state index contributed by atoms with van der Waals surface area (Å²) in [5.41, 5.74) is 0. The first-order valence-corrected chi connectivity index (χ1v) is 5.13. The normalized spacial score (nSPS) is 15.9. The molecule has 0 fully saturated rings. The first-order chi connectivity index (χ1) is 7.38. The number of aliphatic imine (C=N–C) groups is 1. The van der Waals surface area contributed by atoms with Gasteiger partial charge in [-0.1, -0.05) is 0 Å². The maximum absolute atomic E-state index is 12.0. The van der Waals surface area contributed by atoms with Crippen molar-refractivity contribution in [3.8, 4) is 0 Å². The molecule has 0 aromatic rings. The molecular formula is C9H18F3IN4. The van der Waals surface area contributed by atoms with Crippen molar-refractivity contribution in [3.05, 3.63) is 0 Å². The van der Waals surface area contributed by atoms with Gasteiger partial charge in [0.05, 0.1) is 13.1 Å². The van der Waals surface area contributed by atoms with Crippen molar-refractivity contribution >= 4 is 29.9 Å². The highest BCUT2D eigenvalue weighted by molar-refractivity contribution is 14.0. The first kappa shape index (κ1) is 16.8. The molecule has 0 aromatic heterocycles. The smallest absolute Gasteiger partial charge is 0.355 e. The Morgan fingerprint density at radius 1 is 1.47 bits per heavy atom. The maximum Gasteiger partial charge on any atom is 0.401 e. The topological polar surface area (TPSA) is 30.9 Å². The van der Waals surface area contributed by atoms with Crippen LogP contribution < -0.4 is 5.32 Å². The minimum absolute atomic E-state index is 0. The Bertz CT molecular complexity index is 257. The highest BCUT2D eigenvalue weighted by atomic mass is 127. The Balaban J connectivity index is 0.00000256. The van der Waals surface area contributed by atoms with Crippen molar-refractivity contribution in [2.45, 2.75) is 6.18 Å². The second-order valence-corrected chi connectivity index (χ2v) is 3.91. The van der Waals surface area contributed by atoms with Crippen LogP contribution in [0.1, 0.15) is 0 Å². The molecule has 0 spiro atoms. The number of likely N-dealkylation sites (N-methyl/N-ethyl adjacent to an activating group) is 2. The lowest BCUT2D eigenvalue weighted by Gasteiger charge is -2.20. The molecule has 0 saturated heterocycles. The average Bonchev–Trinajstić information content (AvgIpc) is 2.48. The summed E-state index contributed by atoms with van der Waals surface area (Å²) >= 11 is 0. The van der Waals surface area contributed by atoms with E-state index in [1.165, 1.54) is 11.9 Å². The van der Waals surface area contributed by atoms with Gasteiger partial charge in [0.2, 0.25) is 0 Å². The van der Waals surface area contributed by atoms with E-state index < -0.39 is 12.7 Å². The van der Waals surface area contributed by atoms with Crippen molar-refractivity contribution in [1.82, 2.24) is 15.1 Å². The van der Waals surface area contributed by atoms with Gasteiger partial charge in [0, 0.05) is 26.7 Å². The molecule has 1 aliphatic heterocycles. The quantitative estimate of drug-likeness (QED) is 0.753. The first-order valence-electron chi connectivity index (χ1n) is 5.13. The van der Waals surface area contributed by atoms with Crippen LogP contribution in [0.3, 0.4) is 0 Å². The molecule has 0 aromatic carbocycles. The van der Waals surface area contributed by atoms with Gasteiger partial charge in [-0.15, -0.1) is 24.0 Å². The van der Waals surface area contributed by atoms with Crippen LogP contribution in [0.2, 0.25) is 0 Å². The van der Waals surface area contributed by atoms with Crippen molar-refractivity contribution in [3.63, 3.8) is 0 Å². The number of halogens is 4. The molecule has 0 saturated carbocycles. The van der Waals surface area contributed by atoms with E-state index in [4.69, 9.17) is 0 Å². The van der Waals surface area contributed by atoms with Crippen LogP contribution in [-0.2, 0) is 0 Å². The van der Waals surface area contributed by atoms with E-state index in [-0.39, 0.29) is 24.0 Å². The lowest BCUT2D eigenvalue weighted by molar-refractivity contribution is -0.142. The summed E-state index contributed by atoms with van der Waals surface area (Å²) in [5.74, 6) is 0.764. The zero-order chi connectivity index (χ0) is 12.2. The summed E-state index contributed by atoms with van der Waals surface area (Å²) in [5, 5.41) is 3.01. The van der Waals surface area contributed by atoms with E-state index >= 15 is 0 Å². The van der Waals surface area contributed by atoms with Gasteiger partial charge in [-0.3, -0.25) is 9.89 Å². The van der Waals surface area contributed by atoms with Crippen molar-refractivity contribution in [2.75, 3.05) is 46.8 Å². The zero-order valence-corrected chi connectivity index (χ0v) is 12.2. The third-order valence-corrected chi connectivity index (χ3v) is 2.28. The minimum Gasteiger partial charge on any atom is -0.355 e. The molecule has 0 atom stereocenters. The molecule has 4 nitrogen and oxygen atoms in total. The van der Waals surface area contributed by atoms with Crippen LogP contribution in [0.25, 0.3) is 0 Å². The fraction of sp³-hybridized carbons (Fsp3) is 0.889. The predicted molar refractivity (Wildman–Crippen MR) is 71.9 cm³/mol. The van der Waals surface area contributed by atoms with E-state index in [2.05, 4.69) is 10.3 Å². The zero-order valence-electron chi connectivity index (χ0n) is 9.92. The van der Waals surface area contributed by atoms with E-state index in [1.807, 2.05) is 11.9 Å². The van der Waals surface area contributed by atoms with Gasteiger partial charge in [0.15, 0.2) is 5.96 Å². The number of nitrogens with one attached hydrogen (secondary N) is 1. The lowest BCUT2D eigenvalue weighted by atomic mass is 10.5. The van der Waals surface area contributed by atoms with Crippen molar-refractivity contribution < 1.29 is 13.2 Å². The molecule has 1 N–H and O–H groups in total. The lowest BCUT2D eigenvalue weighted by Crippen LogP contribution is -2.41. The maximum atomic E-state index is 12.0. The van der Waals surface area contributed by atoms with Gasteiger partial charge >= 0.3 is 6.18 Å². The van der Waals surface area contributed by atoms with E-state index in [9.17, 15) is 13.2 Å². The third-order valence-electron chi connectivity index (χ3n) is 2.28. The van der Waals surface area contributed by atoms with Crippen LogP contribution in [0.15, 0.2) is 4.99 Å². The third kappa shape index (κ3) is 6.92. The van der Waals surface area contributed by atoms with Crippen LogP contribution in [0.4, 0.5) is 13.2 Å². The number of hydrogen-bond donors (Lipinski definition) is 1. The summed E-state index contributed by atoms with van der Waals surface area (Å²) in [6.07, 6.45) is -4.13. The van der Waals surface area contributed by atoms with Crippen molar-refractivity contribution in [1.29, 1.82) is 0 Å². The van der Waals surface area contributed by atoms with Crippen LogP contribution in [0, 0.1) is 0 Å². The molecule has 0 amide bonds. The largest absolute Gasteiger partial charge is 0.401 e. The van der Waals surface area contributed by atoms with E-state index in [0.29, 0.717) is 13.1 Å². The highest BCUT2D eigenvalue weighted by Crippen LogP contribution is 2.14. The van der Waals surface area contributed by atoms with Gasteiger partial charge in [0.25, 0.3) is 0 Å². The number of hydrogen-bond acceptors (Lipinski definition) is 4. The Hall–Kier alpha value is -0.250. The number of rotatable bonds is 4. The molecule has 17 heavy (non-hydrogen) atoms. The van der Waals surface area contributed by atoms with Crippen LogP contribution in [0.5, 0.6) is 0 Å². The molecule has 102 valence electrons. The van der Waals surface area contributed by atoms with Gasteiger partial charge < -0.3 is 10.2 Å². The average molecular weight is 366 g/mol. The number of guanidine groups is 1. The Labute approximate surface area is 116 Å². The van der Waals surface area contributed by atoms with Gasteiger partial charge in [-0.05, 0) is 7.05 Å². The minimum atomic E-state index is -4.13. The Kier molecular flexibility index (Phi) is 7.14. The van der Waals surface area contributed by atoms with E-state index in [1.54, 1.807) is 0 Å². The number of nitrogens with zero attached hydrogens (tertiary/aromatic N) is 3. The highest BCUT2D eigenvalue weighted by Gasteiger charge is 2.28. The standard InChI is InChI=1S/C9H17F3N4.HI/c1-15(7-9(10,11)12)5-3-13-8-14-4-6-16(8)2;/h3-7H2,1-2H3,(H,13,14);1H. The molecular weight excluding hydrogens is 348 g/mol. The van der Waals surface area contributed by atoms with Crippen LogP contribution >= 0.6 is 24.0 Å². The number of alkyl halides is 3. The summed E-state index contributed by atoms with van der Waals surface area (Å²) in [6, 6.07) is 0. The summed E-state index contributed by atoms with van der Waals surface area (Å²) in [6.45, 7) is 1.54. The monoisotopic (exact) mass is 366 g/mol. The van der Waals surface area contributed by atoms with Gasteiger partial charge in [-0.25, -0.2) is 0 Å². The van der Waals surface area contributed by atoms with E-state index in [0.717, 1.165) is 19.0 Å². The van der Waals surface area contributed by atoms with Gasteiger partial charge in [-0.2, -0.15) is 13.2 Å². The van der Waals surface area contributed by atoms with Gasteiger partial charge in [0.1, 0.15) is 0 Å². The second-order valence-electron chi connectivity index (χ2n) is 3.91. The second kappa shape index (κ2) is 7.24. The predicted octanol–water partition coefficient (Wildman–Crippen LogP) is 0.989. The summed E-state index contributed by atoms with van der Waals surface area (Å²) in [7, 11) is 3.35.